The van der Waals surface area contributed by atoms with Crippen LogP contribution in [0.15, 0.2) is 60.7 Å². The van der Waals surface area contributed by atoms with Crippen LogP contribution in [0.1, 0.15) is 84.6 Å². The Morgan fingerprint density at radius 1 is 0.719 bits per heavy atom. The molecule has 0 bridgehead atoms. The Kier molecular flexibility index (Phi) is 64.3. The van der Waals surface area contributed by atoms with E-state index in [1.54, 1.807) is 60.2 Å². The molecule has 0 saturated heterocycles. The second-order valence-corrected chi connectivity index (χ2v) is 22.0. The van der Waals surface area contributed by atoms with Crippen LogP contribution >= 0.6 is 120 Å². The van der Waals surface area contributed by atoms with E-state index in [1.165, 1.54) is 58.2 Å². The van der Waals surface area contributed by atoms with Crippen LogP contribution in [0.3, 0.4) is 0 Å². The number of hydrogen-bond acceptors (Lipinski definition) is 17. The number of aliphatic hydroxyl groups is 1. The molecule has 3 atom stereocenters. The predicted molar refractivity (Wildman–Crippen MR) is 285 cm³/mol. The maximum absolute atomic E-state index is 11.0. The molecule has 0 saturated carbocycles. The fourth-order valence-corrected chi connectivity index (χ4v) is 7.84. The van der Waals surface area contributed by atoms with Gasteiger partial charge in [0.15, 0.2) is 0 Å². The molecule has 0 aromatic heterocycles. The van der Waals surface area contributed by atoms with Gasteiger partial charge >= 0.3 is 17.9 Å². The molecule has 2 rings (SSSR count). The number of ether oxygens (including phenoxy) is 1. The van der Waals surface area contributed by atoms with Crippen molar-refractivity contribution in [2.45, 2.75) is 94.5 Å². The topological polar surface area (TPSA) is 196 Å². The molecule has 0 amide bonds. The molecule has 2 aromatic carbocycles. The predicted octanol–water partition coefficient (Wildman–Crippen LogP) is 11.1. The average molecular weight is 1220 g/mol. The molecule has 0 aliphatic heterocycles. The van der Waals surface area contributed by atoms with Gasteiger partial charge in [-0.2, -0.15) is 0 Å². The smallest absolute Gasteiger partial charge is 0.319 e. The Morgan fingerprint density at radius 2 is 1.12 bits per heavy atom. The second-order valence-electron chi connectivity index (χ2n) is 11.5. The largest absolute Gasteiger partial charge is 0.483 e. The minimum Gasteiger partial charge on any atom is -0.483 e. The zero-order valence-electron chi connectivity index (χ0n) is 36.9. The van der Waals surface area contributed by atoms with Crippen molar-refractivity contribution < 1.29 is 120 Å². The number of benzene rings is 2. The number of aliphatic hydroxyl groups excluding tert-OH is 1. The van der Waals surface area contributed by atoms with Gasteiger partial charge in [0.25, 0.3) is 11.9 Å². The van der Waals surface area contributed by atoms with Crippen molar-refractivity contribution in [2.75, 3.05) is 13.2 Å². The van der Waals surface area contributed by atoms with Crippen molar-refractivity contribution in [3.63, 3.8) is 0 Å². The van der Waals surface area contributed by atoms with Gasteiger partial charge in [-0.05, 0) is 70.6 Å². The van der Waals surface area contributed by atoms with Crippen LogP contribution in [0.25, 0.3) is 0 Å². The summed E-state index contributed by atoms with van der Waals surface area (Å²) in [6.07, 6.45) is -0.0556. The van der Waals surface area contributed by atoms with Gasteiger partial charge in [0, 0.05) is 78.0 Å². The summed E-state index contributed by atoms with van der Waals surface area (Å²) in [6, 6.07) is 20.5. The van der Waals surface area contributed by atoms with E-state index >= 15 is 0 Å². The van der Waals surface area contributed by atoms with Crippen LogP contribution < -0.4 is 0 Å². The first-order valence-electron chi connectivity index (χ1n) is 17.7. The molecule has 0 fully saturated rings. The van der Waals surface area contributed by atoms with E-state index in [4.69, 9.17) is 62.2 Å². The molecule has 356 valence electrons. The Morgan fingerprint density at radius 3 is 1.41 bits per heavy atom. The van der Waals surface area contributed by atoms with Gasteiger partial charge in [-0.3, -0.25) is 24.0 Å². The first kappa shape index (κ1) is 78.3. The first-order valence-corrected chi connectivity index (χ1v) is 24.2. The number of carboxylic acid groups (broad SMARTS) is 4. The molecule has 23 heteroatoms. The Bertz CT molecular complexity index is 1600. The normalized spacial score (nSPS) is 10.5. The summed E-state index contributed by atoms with van der Waals surface area (Å²) in [4.78, 5) is 50.3. The van der Waals surface area contributed by atoms with Crippen molar-refractivity contribution in [3.05, 3.63) is 85.6 Å². The molecule has 64 heavy (non-hydrogen) atoms. The molecular formula is C41H56O11S10Y2-4. The van der Waals surface area contributed by atoms with Crippen LogP contribution in [-0.4, -0.2) is 106 Å². The summed E-state index contributed by atoms with van der Waals surface area (Å²) in [5.41, 5.74) is 2.60. The number of hydrogen-bond donors (Lipinski definition) is 5. The summed E-state index contributed by atoms with van der Waals surface area (Å²) in [6.45, 7) is 20.0. The Balaban J connectivity index is -0.000000120. The van der Waals surface area contributed by atoms with Crippen LogP contribution in [-0.2, 0) is 99.9 Å². The molecule has 0 aliphatic rings. The van der Waals surface area contributed by atoms with Gasteiger partial charge in [0.1, 0.15) is 21.9 Å². The fourth-order valence-electron chi connectivity index (χ4n) is 2.81. The average Bonchev–Trinajstić information content (AvgIpc) is 3.20. The summed E-state index contributed by atoms with van der Waals surface area (Å²) < 4.78 is 11.2. The van der Waals surface area contributed by atoms with E-state index in [1.807, 2.05) is 36.4 Å². The van der Waals surface area contributed by atoms with Gasteiger partial charge in [0.05, 0.1) is 6.61 Å². The summed E-state index contributed by atoms with van der Waals surface area (Å²) >= 11 is 30.2. The maximum atomic E-state index is 11.0. The Labute approximate surface area is 478 Å². The number of rotatable bonds is 16. The number of thioether (sulfide) groups is 5. The van der Waals surface area contributed by atoms with E-state index in [2.05, 4.69) is 83.6 Å². The standard InChI is InChI=1S/C9H9S2.C8H7S2.C7H12O3S2.C6H10O2S2.C5H8O2S2.2C3H5O2.2Y/c1-8(11-7-10)9-5-3-2-4-6-9;9-7-10-6-8-4-2-1-3-5-8;1-5(12-6(2)11)7(9)10-4-3-8;1-4(9)10-6(2,3)5(7)8;1-3(5(6)7)9-4(2)8;2*1-2-3(4)5;;/h2-6,8H,1H3;1-5H,6H2;5,8H,3-4H2,1-2H3;1-3H3,(H,7,8);3H,1-2H3,(H,6,7);2*1-2H2,(H,4,5);;/q2*-1;;;;2*-1;;. The number of carbonyl (C=O) groups excluding carboxylic acids is 1. The van der Waals surface area contributed by atoms with Gasteiger partial charge in [-0.25, -0.2) is 0 Å². The van der Waals surface area contributed by atoms with E-state index in [-0.39, 0.29) is 103 Å². The number of aliphatic carboxylic acids is 4. The number of esters is 1. The van der Waals surface area contributed by atoms with Gasteiger partial charge < -0.3 is 101 Å². The molecule has 5 N–H and O–H groups in total. The van der Waals surface area contributed by atoms with E-state index in [0.717, 1.165) is 5.75 Å². The van der Waals surface area contributed by atoms with Crippen LogP contribution in [0.5, 0.6) is 0 Å². The quantitative estimate of drug-likeness (QED) is 0.0604. The zero-order chi connectivity index (χ0) is 49.3. The Hall–Kier alpha value is 0.158. The first-order chi connectivity index (χ1) is 28.8. The van der Waals surface area contributed by atoms with E-state index < -0.39 is 33.9 Å². The summed E-state index contributed by atoms with van der Waals surface area (Å²) in [5.74, 6) is -2.76. The van der Waals surface area contributed by atoms with Crippen LogP contribution in [0.4, 0.5) is 0 Å². The van der Waals surface area contributed by atoms with Crippen molar-refractivity contribution in [1.29, 1.82) is 0 Å². The summed E-state index contributed by atoms with van der Waals surface area (Å²) in [5, 5.41) is 40.4. The molecule has 2 aromatic rings. The SMILES string of the molecule is CC(=S)SC(C)(C)C(=O)O.CC(=S)SC(C)C(=O)O.CC(=S)SC(C)C(=O)OCCO.CC(S[C-]=S)c1ccccc1.S=[C-]SCc1ccccc1.[CH2-]CC(=O)O.[CH2-]CC(=O)O.[Y].[Y]. The number of carboxylic acids is 4. The molecule has 0 aliphatic carbocycles. The van der Waals surface area contributed by atoms with Crippen molar-refractivity contribution >= 4 is 172 Å². The molecule has 2 radical (unpaired) electrons. The van der Waals surface area contributed by atoms with Crippen molar-refractivity contribution in [1.82, 2.24) is 0 Å². The molecular weight excluding hydrogens is 1170 g/mol. The molecule has 11 nitrogen and oxygen atoms in total. The third kappa shape index (κ3) is 60.2. The molecule has 0 spiro atoms. The van der Waals surface area contributed by atoms with Gasteiger partial charge in [-0.1, -0.05) is 117 Å². The van der Waals surface area contributed by atoms with Gasteiger partial charge in [-0.15, -0.1) is 35.3 Å². The number of carbonyl (C=O) groups is 5. The minimum atomic E-state index is -0.856. The van der Waals surface area contributed by atoms with Crippen LogP contribution in [0, 0.1) is 13.8 Å². The minimum absolute atomic E-state index is 0. The summed E-state index contributed by atoms with van der Waals surface area (Å²) in [7, 11) is 0. The third-order valence-electron chi connectivity index (χ3n) is 5.68. The van der Waals surface area contributed by atoms with Gasteiger partial charge in [0.2, 0.25) is 0 Å². The van der Waals surface area contributed by atoms with E-state index in [9.17, 15) is 24.0 Å². The molecule has 3 unspecified atom stereocenters. The second kappa shape index (κ2) is 52.5. The maximum Gasteiger partial charge on any atom is 0.319 e. The number of thiocarbonyl (C=S) groups is 5. The monoisotopic (exact) mass is 1220 g/mol. The fraction of sp³-hybridized carbons (Fsp3) is 0.415. The van der Waals surface area contributed by atoms with Crippen molar-refractivity contribution in [2.24, 2.45) is 0 Å². The van der Waals surface area contributed by atoms with E-state index in [0.29, 0.717) is 17.8 Å². The van der Waals surface area contributed by atoms with Crippen LogP contribution in [0.2, 0.25) is 0 Å². The zero-order valence-corrected chi connectivity index (χ0v) is 50.7. The molecule has 0 heterocycles. The third-order valence-corrected chi connectivity index (χ3v) is 11.2. The van der Waals surface area contributed by atoms with Crippen molar-refractivity contribution in [3.8, 4) is 0 Å².